The van der Waals surface area contributed by atoms with Gasteiger partial charge >= 0.3 is 0 Å². The van der Waals surface area contributed by atoms with Gasteiger partial charge in [0.15, 0.2) is 0 Å². The van der Waals surface area contributed by atoms with Gasteiger partial charge in [-0.05, 0) is 54.7 Å². The highest BCUT2D eigenvalue weighted by atomic mass is 15.1. The quantitative estimate of drug-likeness (QED) is 0.614. The van der Waals surface area contributed by atoms with Crippen LogP contribution in [0.1, 0.15) is 39.0 Å². The summed E-state index contributed by atoms with van der Waals surface area (Å²) in [4.78, 5) is 2.49. The molecule has 0 saturated heterocycles. The van der Waals surface area contributed by atoms with Crippen LogP contribution in [0.25, 0.3) is 0 Å². The fraction of sp³-hybridized carbons (Fsp3) is 0.529. The Morgan fingerprint density at radius 1 is 1.11 bits per heavy atom. The second-order valence-electron chi connectivity index (χ2n) is 5.97. The molecule has 1 heterocycles. The van der Waals surface area contributed by atoms with Crippen LogP contribution in [0.5, 0.6) is 0 Å². The van der Waals surface area contributed by atoms with E-state index < -0.39 is 0 Å². The van der Waals surface area contributed by atoms with Crippen LogP contribution in [-0.4, -0.2) is 18.5 Å². The lowest BCUT2D eigenvalue weighted by Crippen LogP contribution is -2.26. The van der Waals surface area contributed by atoms with Gasteiger partial charge in [0.1, 0.15) is 0 Å². The second kappa shape index (κ2) is 4.79. The zero-order valence-electron chi connectivity index (χ0n) is 11.6. The highest BCUT2D eigenvalue weighted by Crippen LogP contribution is 2.33. The average molecular weight is 241 g/mol. The standard InChI is InChI=1S/C17H23N/c1-13-7-8-15-10-9-14-5-3-4-6-16(14)12-18(2)17(15)11-13/h7-10,13H,3-6,11-12H2,1-2H3/t13-/m0/s1. The molecule has 0 fully saturated rings. The van der Waals surface area contributed by atoms with E-state index in [1.807, 2.05) is 0 Å². The van der Waals surface area contributed by atoms with E-state index in [2.05, 4.69) is 43.2 Å². The van der Waals surface area contributed by atoms with Crippen molar-refractivity contribution in [3.8, 4) is 0 Å². The molecule has 3 aliphatic rings. The molecular weight excluding hydrogens is 218 g/mol. The Balaban J connectivity index is 1.96. The number of hydrogen-bond donors (Lipinski definition) is 0. The second-order valence-corrected chi connectivity index (χ2v) is 5.97. The lowest BCUT2D eigenvalue weighted by molar-refractivity contribution is 0.401. The molecule has 0 unspecified atom stereocenters. The normalized spacial score (nSPS) is 27.9. The minimum Gasteiger partial charge on any atom is -0.373 e. The molecule has 3 rings (SSSR count). The van der Waals surface area contributed by atoms with Crippen LogP contribution in [0.3, 0.4) is 0 Å². The third kappa shape index (κ3) is 2.19. The molecule has 0 aromatic carbocycles. The van der Waals surface area contributed by atoms with Crippen LogP contribution in [0.2, 0.25) is 0 Å². The van der Waals surface area contributed by atoms with E-state index in [1.54, 1.807) is 11.1 Å². The highest BCUT2D eigenvalue weighted by Gasteiger charge is 2.20. The first kappa shape index (κ1) is 11.8. The third-order valence-electron chi connectivity index (χ3n) is 4.43. The maximum Gasteiger partial charge on any atom is 0.0388 e. The first-order chi connectivity index (χ1) is 8.74. The monoisotopic (exact) mass is 241 g/mol. The fourth-order valence-corrected chi connectivity index (χ4v) is 3.33. The van der Waals surface area contributed by atoms with Crippen molar-refractivity contribution in [2.45, 2.75) is 39.0 Å². The van der Waals surface area contributed by atoms with E-state index in [1.165, 1.54) is 43.4 Å². The molecule has 1 atom stereocenters. The molecule has 0 amide bonds. The highest BCUT2D eigenvalue weighted by molar-refractivity contribution is 5.44. The zero-order valence-corrected chi connectivity index (χ0v) is 11.6. The molecule has 1 heteroatoms. The molecule has 2 aliphatic carbocycles. The molecule has 0 radical (unpaired) electrons. The van der Waals surface area contributed by atoms with E-state index in [-0.39, 0.29) is 0 Å². The van der Waals surface area contributed by atoms with Crippen molar-refractivity contribution in [1.29, 1.82) is 0 Å². The van der Waals surface area contributed by atoms with Crippen LogP contribution in [0.4, 0.5) is 0 Å². The van der Waals surface area contributed by atoms with Crippen molar-refractivity contribution >= 4 is 0 Å². The number of nitrogens with zero attached hydrogens (tertiary/aromatic N) is 1. The van der Waals surface area contributed by atoms with E-state index >= 15 is 0 Å². The first-order valence-electron chi connectivity index (χ1n) is 7.25. The Bertz CT molecular complexity index is 462. The molecular formula is C17H23N. The number of likely N-dealkylation sites (N-methyl/N-ethyl adjacent to an activating group) is 1. The number of rotatable bonds is 0. The van der Waals surface area contributed by atoms with Gasteiger partial charge in [0.25, 0.3) is 0 Å². The molecule has 0 aromatic rings. The van der Waals surface area contributed by atoms with Gasteiger partial charge in [0.2, 0.25) is 0 Å². The predicted octanol–water partition coefficient (Wildman–Crippen LogP) is 4.21. The van der Waals surface area contributed by atoms with E-state index in [0.717, 1.165) is 6.54 Å². The van der Waals surface area contributed by atoms with Crippen molar-refractivity contribution in [1.82, 2.24) is 4.90 Å². The van der Waals surface area contributed by atoms with Crippen molar-refractivity contribution in [2.75, 3.05) is 13.6 Å². The predicted molar refractivity (Wildman–Crippen MR) is 77.2 cm³/mol. The summed E-state index contributed by atoms with van der Waals surface area (Å²) in [5.74, 6) is 0.679. The van der Waals surface area contributed by atoms with E-state index in [9.17, 15) is 0 Å². The SMILES string of the molecule is C[C@H]1C=CC2=C(C1)N(C)CC1=C(C=C2)CCCC1. The third-order valence-corrected chi connectivity index (χ3v) is 4.43. The topological polar surface area (TPSA) is 3.24 Å². The fourth-order valence-electron chi connectivity index (χ4n) is 3.33. The van der Waals surface area contributed by atoms with Crippen LogP contribution >= 0.6 is 0 Å². The summed E-state index contributed by atoms with van der Waals surface area (Å²) in [5, 5.41) is 0. The minimum atomic E-state index is 0.679. The van der Waals surface area contributed by atoms with Crippen molar-refractivity contribution in [3.63, 3.8) is 0 Å². The summed E-state index contributed by atoms with van der Waals surface area (Å²) in [5.41, 5.74) is 6.23. The van der Waals surface area contributed by atoms with Gasteiger partial charge < -0.3 is 4.90 Å². The molecule has 0 saturated carbocycles. The molecule has 0 aromatic heterocycles. The molecule has 1 aliphatic heterocycles. The van der Waals surface area contributed by atoms with Crippen LogP contribution in [-0.2, 0) is 0 Å². The van der Waals surface area contributed by atoms with Gasteiger partial charge in [-0.3, -0.25) is 0 Å². The summed E-state index contributed by atoms with van der Waals surface area (Å²) in [6, 6.07) is 0. The number of allylic oxidation sites excluding steroid dienone is 7. The van der Waals surface area contributed by atoms with Crippen molar-refractivity contribution < 1.29 is 0 Å². The van der Waals surface area contributed by atoms with Gasteiger partial charge in [-0.25, -0.2) is 0 Å². The average Bonchev–Trinajstić information content (AvgIpc) is 2.37. The lowest BCUT2D eigenvalue weighted by Gasteiger charge is -2.32. The molecule has 1 nitrogen and oxygen atoms in total. The summed E-state index contributed by atoms with van der Waals surface area (Å²) in [6.07, 6.45) is 15.9. The largest absolute Gasteiger partial charge is 0.373 e. The Labute approximate surface area is 111 Å². The van der Waals surface area contributed by atoms with E-state index in [4.69, 9.17) is 0 Å². The Kier molecular flexibility index (Phi) is 3.15. The van der Waals surface area contributed by atoms with Gasteiger partial charge in [-0.15, -0.1) is 0 Å². The first-order valence-corrected chi connectivity index (χ1v) is 7.25. The summed E-state index contributed by atoms with van der Waals surface area (Å²) < 4.78 is 0. The minimum absolute atomic E-state index is 0.679. The summed E-state index contributed by atoms with van der Waals surface area (Å²) in [6.45, 7) is 3.45. The maximum atomic E-state index is 2.49. The Morgan fingerprint density at radius 3 is 2.83 bits per heavy atom. The van der Waals surface area contributed by atoms with Crippen LogP contribution < -0.4 is 0 Å². The maximum absolute atomic E-state index is 2.49. The van der Waals surface area contributed by atoms with E-state index in [0.29, 0.717) is 5.92 Å². The summed E-state index contributed by atoms with van der Waals surface area (Å²) >= 11 is 0. The zero-order chi connectivity index (χ0) is 12.5. The van der Waals surface area contributed by atoms with Gasteiger partial charge in [0.05, 0.1) is 0 Å². The molecule has 96 valence electrons. The molecule has 0 spiro atoms. The Hall–Kier alpha value is -1.24. The summed E-state index contributed by atoms with van der Waals surface area (Å²) in [7, 11) is 2.26. The molecule has 0 N–H and O–H groups in total. The van der Waals surface area contributed by atoms with Gasteiger partial charge in [0, 0.05) is 19.3 Å². The smallest absolute Gasteiger partial charge is 0.0388 e. The number of hydrogen-bond acceptors (Lipinski definition) is 1. The Morgan fingerprint density at radius 2 is 1.94 bits per heavy atom. The van der Waals surface area contributed by atoms with Crippen LogP contribution in [0.15, 0.2) is 46.7 Å². The molecule has 0 bridgehead atoms. The van der Waals surface area contributed by atoms with Gasteiger partial charge in [-0.1, -0.05) is 31.2 Å². The van der Waals surface area contributed by atoms with Crippen molar-refractivity contribution in [3.05, 3.63) is 46.7 Å². The lowest BCUT2D eigenvalue weighted by atomic mass is 9.87. The van der Waals surface area contributed by atoms with Crippen molar-refractivity contribution in [2.24, 2.45) is 5.92 Å². The van der Waals surface area contributed by atoms with Crippen LogP contribution in [0, 0.1) is 5.92 Å². The molecule has 18 heavy (non-hydrogen) atoms. The van der Waals surface area contributed by atoms with Gasteiger partial charge in [-0.2, -0.15) is 0 Å².